The second kappa shape index (κ2) is 8.53. The first-order valence-electron chi connectivity index (χ1n) is 7.31. The molecule has 0 radical (unpaired) electrons. The maximum Gasteiger partial charge on any atom is 0.254 e. The third-order valence-corrected chi connectivity index (χ3v) is 3.19. The molecule has 120 valence electrons. The van der Waals surface area contributed by atoms with Gasteiger partial charge in [0.25, 0.3) is 5.91 Å². The van der Waals surface area contributed by atoms with Crippen molar-refractivity contribution in [2.75, 3.05) is 25.5 Å². The third kappa shape index (κ3) is 4.81. The highest BCUT2D eigenvalue weighted by molar-refractivity contribution is 5.93. The van der Waals surface area contributed by atoms with E-state index in [4.69, 9.17) is 4.74 Å². The van der Waals surface area contributed by atoms with Crippen molar-refractivity contribution in [2.24, 2.45) is 0 Å². The van der Waals surface area contributed by atoms with Crippen molar-refractivity contribution < 1.29 is 9.53 Å². The summed E-state index contributed by atoms with van der Waals surface area (Å²) >= 11 is 0. The van der Waals surface area contributed by atoms with Crippen molar-refractivity contribution in [3.05, 3.63) is 60.4 Å². The molecule has 23 heavy (non-hydrogen) atoms. The molecule has 6 heteroatoms. The fourth-order valence-electron chi connectivity index (χ4n) is 2.02. The number of methoxy groups -OCH3 is 1. The Morgan fingerprint density at radius 3 is 2.74 bits per heavy atom. The van der Waals surface area contributed by atoms with Crippen molar-refractivity contribution in [1.82, 2.24) is 15.3 Å². The predicted octanol–water partition coefficient (Wildman–Crippen LogP) is 2.06. The number of carbonyl (C=O) groups is 1. The first-order valence-corrected chi connectivity index (χ1v) is 7.31. The van der Waals surface area contributed by atoms with Gasteiger partial charge in [-0.1, -0.05) is 24.3 Å². The summed E-state index contributed by atoms with van der Waals surface area (Å²) in [6.07, 6.45) is 5.39. The molecule has 1 aromatic carbocycles. The molecular formula is C17H20N4O2. The summed E-state index contributed by atoms with van der Waals surface area (Å²) in [7, 11) is 1.64. The molecule has 0 fully saturated rings. The smallest absolute Gasteiger partial charge is 0.254 e. The maximum atomic E-state index is 12.1. The minimum absolute atomic E-state index is 0.199. The number of benzene rings is 1. The van der Waals surface area contributed by atoms with E-state index in [-0.39, 0.29) is 5.91 Å². The fourth-order valence-corrected chi connectivity index (χ4v) is 2.02. The fraction of sp³-hybridized carbons (Fsp3) is 0.235. The zero-order valence-electron chi connectivity index (χ0n) is 13.1. The molecule has 1 aromatic heterocycles. The van der Waals surface area contributed by atoms with Crippen LogP contribution in [0.15, 0.2) is 49.3 Å². The van der Waals surface area contributed by atoms with Gasteiger partial charge < -0.3 is 15.4 Å². The van der Waals surface area contributed by atoms with E-state index in [0.717, 1.165) is 11.3 Å². The molecule has 0 saturated carbocycles. The van der Waals surface area contributed by atoms with Gasteiger partial charge in [0.05, 0.1) is 12.7 Å². The van der Waals surface area contributed by atoms with Crippen LogP contribution in [0, 0.1) is 0 Å². The lowest BCUT2D eigenvalue weighted by molar-refractivity contribution is 0.0953. The average Bonchev–Trinajstić information content (AvgIpc) is 2.60. The van der Waals surface area contributed by atoms with E-state index in [1.54, 1.807) is 13.2 Å². The second-order valence-corrected chi connectivity index (χ2v) is 4.78. The summed E-state index contributed by atoms with van der Waals surface area (Å²) in [6, 6.07) is 7.75. The Bertz CT molecular complexity index is 656. The van der Waals surface area contributed by atoms with Gasteiger partial charge >= 0.3 is 0 Å². The van der Waals surface area contributed by atoms with Crippen LogP contribution in [0.3, 0.4) is 0 Å². The second-order valence-electron chi connectivity index (χ2n) is 4.78. The van der Waals surface area contributed by atoms with Crippen LogP contribution in [0.25, 0.3) is 0 Å². The van der Waals surface area contributed by atoms with E-state index >= 15 is 0 Å². The van der Waals surface area contributed by atoms with Crippen LogP contribution in [-0.2, 0) is 6.42 Å². The Labute approximate surface area is 135 Å². The number of nitrogens with one attached hydrogen (secondary N) is 2. The largest absolute Gasteiger partial charge is 0.496 e. The van der Waals surface area contributed by atoms with E-state index in [2.05, 4.69) is 27.2 Å². The van der Waals surface area contributed by atoms with Gasteiger partial charge in [-0.15, -0.1) is 6.58 Å². The lowest BCUT2D eigenvalue weighted by atomic mass is 10.1. The first kappa shape index (κ1) is 16.5. The molecule has 0 bridgehead atoms. The van der Waals surface area contributed by atoms with E-state index < -0.39 is 0 Å². The van der Waals surface area contributed by atoms with Gasteiger partial charge in [-0.3, -0.25) is 4.79 Å². The zero-order chi connectivity index (χ0) is 16.5. The molecule has 0 aliphatic heterocycles. The van der Waals surface area contributed by atoms with Gasteiger partial charge in [0, 0.05) is 25.5 Å². The molecule has 2 aromatic rings. The SMILES string of the molecule is C=CCNc1ncc(C(=O)NCCc2ccccc2OC)cn1. The van der Waals surface area contributed by atoms with Crippen molar-refractivity contribution in [2.45, 2.75) is 6.42 Å². The number of para-hydroxylation sites is 1. The van der Waals surface area contributed by atoms with Gasteiger partial charge in [0.1, 0.15) is 5.75 Å². The Morgan fingerprint density at radius 1 is 1.30 bits per heavy atom. The quantitative estimate of drug-likeness (QED) is 0.730. The molecule has 0 spiro atoms. The minimum atomic E-state index is -0.199. The van der Waals surface area contributed by atoms with Crippen LogP contribution in [0.4, 0.5) is 5.95 Å². The number of hydrogen-bond acceptors (Lipinski definition) is 5. The van der Waals surface area contributed by atoms with Gasteiger partial charge in [-0.25, -0.2) is 9.97 Å². The van der Waals surface area contributed by atoms with Crippen molar-refractivity contribution in [1.29, 1.82) is 0 Å². The molecule has 6 nitrogen and oxygen atoms in total. The van der Waals surface area contributed by atoms with Crippen molar-refractivity contribution in [3.63, 3.8) is 0 Å². The Morgan fingerprint density at radius 2 is 2.04 bits per heavy atom. The normalized spacial score (nSPS) is 9.96. The number of nitrogens with zero attached hydrogens (tertiary/aromatic N) is 2. The Hall–Kier alpha value is -2.89. The number of aromatic nitrogens is 2. The number of rotatable bonds is 8. The molecule has 0 atom stereocenters. The van der Waals surface area contributed by atoms with Crippen molar-refractivity contribution in [3.8, 4) is 5.75 Å². The molecular weight excluding hydrogens is 292 g/mol. The highest BCUT2D eigenvalue weighted by atomic mass is 16.5. The molecule has 1 amide bonds. The summed E-state index contributed by atoms with van der Waals surface area (Å²) in [5, 5.41) is 5.80. The summed E-state index contributed by atoms with van der Waals surface area (Å²) in [5.41, 5.74) is 1.48. The summed E-state index contributed by atoms with van der Waals surface area (Å²) in [4.78, 5) is 20.2. The predicted molar refractivity (Wildman–Crippen MR) is 89.7 cm³/mol. The standard InChI is InChI=1S/C17H20N4O2/c1-3-9-19-17-20-11-14(12-21-17)16(22)18-10-8-13-6-4-5-7-15(13)23-2/h3-7,11-12H,1,8-10H2,2H3,(H,18,22)(H,19,20,21). The van der Waals surface area contributed by atoms with Crippen LogP contribution in [-0.4, -0.2) is 36.1 Å². The molecule has 0 unspecified atom stereocenters. The number of carbonyl (C=O) groups excluding carboxylic acids is 1. The molecule has 2 rings (SSSR count). The van der Waals surface area contributed by atoms with E-state index in [1.807, 2.05) is 24.3 Å². The topological polar surface area (TPSA) is 76.1 Å². The Kier molecular flexibility index (Phi) is 6.11. The summed E-state index contributed by atoms with van der Waals surface area (Å²) in [6.45, 7) is 4.68. The van der Waals surface area contributed by atoms with Crippen LogP contribution in [0.1, 0.15) is 15.9 Å². The molecule has 0 saturated heterocycles. The van der Waals surface area contributed by atoms with Crippen LogP contribution in [0.5, 0.6) is 5.75 Å². The van der Waals surface area contributed by atoms with E-state index in [0.29, 0.717) is 31.0 Å². The number of ether oxygens (including phenoxy) is 1. The number of hydrogen-bond donors (Lipinski definition) is 2. The summed E-state index contributed by atoms with van der Waals surface area (Å²) < 4.78 is 5.29. The van der Waals surface area contributed by atoms with Gasteiger partial charge in [-0.05, 0) is 18.1 Å². The minimum Gasteiger partial charge on any atom is -0.496 e. The molecule has 0 aliphatic carbocycles. The van der Waals surface area contributed by atoms with Crippen LogP contribution in [0.2, 0.25) is 0 Å². The highest BCUT2D eigenvalue weighted by Gasteiger charge is 2.07. The van der Waals surface area contributed by atoms with Crippen LogP contribution >= 0.6 is 0 Å². The average molecular weight is 312 g/mol. The number of amides is 1. The zero-order valence-corrected chi connectivity index (χ0v) is 13.1. The van der Waals surface area contributed by atoms with Crippen LogP contribution < -0.4 is 15.4 Å². The van der Waals surface area contributed by atoms with Gasteiger partial charge in [-0.2, -0.15) is 0 Å². The lowest BCUT2D eigenvalue weighted by Crippen LogP contribution is -2.26. The summed E-state index contributed by atoms with van der Waals surface area (Å²) in [5.74, 6) is 1.09. The van der Waals surface area contributed by atoms with Gasteiger partial charge in [0.2, 0.25) is 5.95 Å². The molecule has 0 aliphatic rings. The Balaban J connectivity index is 1.86. The van der Waals surface area contributed by atoms with E-state index in [1.165, 1.54) is 12.4 Å². The van der Waals surface area contributed by atoms with E-state index in [9.17, 15) is 4.79 Å². The van der Waals surface area contributed by atoms with Crippen molar-refractivity contribution >= 4 is 11.9 Å². The van der Waals surface area contributed by atoms with Gasteiger partial charge in [0.15, 0.2) is 0 Å². The monoisotopic (exact) mass is 312 g/mol. The molecule has 1 heterocycles. The molecule has 2 N–H and O–H groups in total. The number of anilines is 1. The highest BCUT2D eigenvalue weighted by Crippen LogP contribution is 2.17. The maximum absolute atomic E-state index is 12.1. The third-order valence-electron chi connectivity index (χ3n) is 3.19. The lowest BCUT2D eigenvalue weighted by Gasteiger charge is -2.09. The first-order chi connectivity index (χ1) is 11.2.